The van der Waals surface area contributed by atoms with E-state index in [1.165, 1.54) is 6.07 Å². The van der Waals surface area contributed by atoms with Crippen molar-refractivity contribution in [2.24, 2.45) is 0 Å². The van der Waals surface area contributed by atoms with E-state index in [-0.39, 0.29) is 5.82 Å². The van der Waals surface area contributed by atoms with Crippen molar-refractivity contribution < 1.29 is 4.39 Å². The van der Waals surface area contributed by atoms with Crippen LogP contribution in [0.5, 0.6) is 0 Å². The Morgan fingerprint density at radius 2 is 1.72 bits per heavy atom. The molecule has 3 aromatic rings. The van der Waals surface area contributed by atoms with E-state index in [4.69, 9.17) is 0 Å². The molecule has 0 radical (unpaired) electrons. The Labute approximate surface area is 146 Å². The number of nitrogens with one attached hydrogen (secondary N) is 2. The Morgan fingerprint density at radius 1 is 0.960 bits per heavy atom. The summed E-state index contributed by atoms with van der Waals surface area (Å²) >= 11 is 0. The highest BCUT2D eigenvalue weighted by Crippen LogP contribution is 2.22. The average Bonchev–Trinajstić information content (AvgIpc) is 2.66. The lowest BCUT2D eigenvalue weighted by atomic mass is 10.1. The maximum atomic E-state index is 13.8. The lowest BCUT2D eigenvalue weighted by Gasteiger charge is -2.11. The van der Waals surface area contributed by atoms with Crippen LogP contribution in [0.15, 0.2) is 73.3 Å². The summed E-state index contributed by atoms with van der Waals surface area (Å²) in [5.41, 5.74) is 2.36. The van der Waals surface area contributed by atoms with E-state index >= 15 is 0 Å². The van der Waals surface area contributed by atoms with Crippen molar-refractivity contribution in [1.82, 2.24) is 9.97 Å². The normalized spacial score (nSPS) is 10.3. The number of hydrogen-bond acceptors (Lipinski definition) is 4. The predicted octanol–water partition coefficient (Wildman–Crippen LogP) is 4.49. The molecule has 0 aliphatic heterocycles. The first-order valence-corrected chi connectivity index (χ1v) is 8.03. The van der Waals surface area contributed by atoms with Crippen LogP contribution in [-0.2, 0) is 6.54 Å². The second-order valence-electron chi connectivity index (χ2n) is 5.44. The van der Waals surface area contributed by atoms with Crippen LogP contribution in [0.1, 0.15) is 5.56 Å². The van der Waals surface area contributed by atoms with Gasteiger partial charge in [-0.25, -0.2) is 9.37 Å². The van der Waals surface area contributed by atoms with E-state index in [0.29, 0.717) is 30.4 Å². The molecule has 5 heteroatoms. The van der Waals surface area contributed by atoms with E-state index in [2.05, 4.69) is 27.2 Å². The Hall–Kier alpha value is -3.21. The summed E-state index contributed by atoms with van der Waals surface area (Å²) in [5, 5.41) is 6.27. The Bertz CT molecular complexity index is 849. The van der Waals surface area contributed by atoms with Crippen molar-refractivity contribution in [3.05, 3.63) is 84.7 Å². The Morgan fingerprint density at radius 3 is 2.48 bits per heavy atom. The summed E-state index contributed by atoms with van der Waals surface area (Å²) in [6.45, 7) is 4.60. The fourth-order valence-electron chi connectivity index (χ4n) is 2.36. The van der Waals surface area contributed by atoms with Gasteiger partial charge < -0.3 is 10.6 Å². The lowest BCUT2D eigenvalue weighted by molar-refractivity contribution is 0.613. The molecule has 0 aliphatic carbocycles. The summed E-state index contributed by atoms with van der Waals surface area (Å²) < 4.78 is 13.8. The van der Waals surface area contributed by atoms with Crippen LogP contribution in [0.3, 0.4) is 0 Å². The Kier molecular flexibility index (Phi) is 5.36. The molecule has 2 aromatic carbocycles. The zero-order valence-corrected chi connectivity index (χ0v) is 13.7. The highest BCUT2D eigenvalue weighted by molar-refractivity contribution is 5.64. The highest BCUT2D eigenvalue weighted by Gasteiger charge is 2.07. The molecule has 0 bridgehead atoms. The predicted molar refractivity (Wildman–Crippen MR) is 99.9 cm³/mol. The van der Waals surface area contributed by atoms with E-state index in [1.807, 2.05) is 42.5 Å². The molecule has 0 saturated carbocycles. The van der Waals surface area contributed by atoms with Crippen molar-refractivity contribution in [1.29, 1.82) is 0 Å². The summed E-state index contributed by atoms with van der Waals surface area (Å²) in [6, 6.07) is 18.4. The standard InChI is InChI=1S/C20H19FN4/c1-2-12-22-20-24-18(15-8-4-3-5-9-15)13-19(25-20)23-14-16-10-6-7-11-17(16)21/h2-11,13H,1,12,14H2,(H2,22,23,24,25). The largest absolute Gasteiger partial charge is 0.366 e. The van der Waals surface area contributed by atoms with Crippen LogP contribution < -0.4 is 10.6 Å². The van der Waals surface area contributed by atoms with Gasteiger partial charge in [0.2, 0.25) is 5.95 Å². The first-order valence-electron chi connectivity index (χ1n) is 8.03. The molecule has 0 spiro atoms. The van der Waals surface area contributed by atoms with Crippen LogP contribution in [0, 0.1) is 5.82 Å². The van der Waals surface area contributed by atoms with Gasteiger partial charge in [0.1, 0.15) is 11.6 Å². The minimum Gasteiger partial charge on any atom is -0.366 e. The molecule has 25 heavy (non-hydrogen) atoms. The van der Waals surface area contributed by atoms with Gasteiger partial charge in [-0.1, -0.05) is 54.6 Å². The first-order chi connectivity index (χ1) is 12.3. The van der Waals surface area contributed by atoms with E-state index in [0.717, 1.165) is 11.3 Å². The number of nitrogens with zero attached hydrogens (tertiary/aromatic N) is 2. The molecular weight excluding hydrogens is 315 g/mol. The van der Waals surface area contributed by atoms with Crippen LogP contribution in [0.4, 0.5) is 16.2 Å². The molecule has 0 unspecified atom stereocenters. The summed E-state index contributed by atoms with van der Waals surface area (Å²) in [4.78, 5) is 8.97. The Balaban J connectivity index is 1.86. The monoisotopic (exact) mass is 334 g/mol. The zero-order chi connectivity index (χ0) is 17.5. The maximum Gasteiger partial charge on any atom is 0.225 e. The second-order valence-corrected chi connectivity index (χ2v) is 5.44. The lowest BCUT2D eigenvalue weighted by Crippen LogP contribution is -2.08. The van der Waals surface area contributed by atoms with Gasteiger partial charge in [-0.15, -0.1) is 6.58 Å². The van der Waals surface area contributed by atoms with Gasteiger partial charge in [0.25, 0.3) is 0 Å². The van der Waals surface area contributed by atoms with E-state index in [1.54, 1.807) is 18.2 Å². The number of halogens is 1. The third-order valence-electron chi connectivity index (χ3n) is 3.62. The van der Waals surface area contributed by atoms with Crippen LogP contribution in [-0.4, -0.2) is 16.5 Å². The molecule has 2 N–H and O–H groups in total. The topological polar surface area (TPSA) is 49.8 Å². The van der Waals surface area contributed by atoms with Gasteiger partial charge in [-0.3, -0.25) is 0 Å². The number of benzene rings is 2. The van der Waals surface area contributed by atoms with Gasteiger partial charge in [0.05, 0.1) is 5.69 Å². The molecule has 0 atom stereocenters. The molecule has 3 rings (SSSR count). The minimum atomic E-state index is -0.239. The summed E-state index contributed by atoms with van der Waals surface area (Å²) in [7, 11) is 0. The quantitative estimate of drug-likeness (QED) is 0.625. The third kappa shape index (κ3) is 4.41. The molecule has 0 amide bonds. The molecule has 1 aromatic heterocycles. The van der Waals surface area contributed by atoms with Crippen molar-refractivity contribution >= 4 is 11.8 Å². The SMILES string of the molecule is C=CCNc1nc(NCc2ccccc2F)cc(-c2ccccc2)n1. The minimum absolute atomic E-state index is 0.239. The molecule has 0 aliphatic rings. The van der Waals surface area contributed by atoms with Crippen LogP contribution in [0.2, 0.25) is 0 Å². The third-order valence-corrected chi connectivity index (χ3v) is 3.62. The molecule has 4 nitrogen and oxygen atoms in total. The zero-order valence-electron chi connectivity index (χ0n) is 13.7. The average molecular weight is 334 g/mol. The summed E-state index contributed by atoms with van der Waals surface area (Å²) in [6.07, 6.45) is 1.74. The molecular formula is C20H19FN4. The van der Waals surface area contributed by atoms with Crippen molar-refractivity contribution in [2.75, 3.05) is 17.2 Å². The molecule has 1 heterocycles. The molecule has 0 saturated heterocycles. The number of anilines is 2. The first kappa shape index (κ1) is 16.6. The summed E-state index contributed by atoms with van der Waals surface area (Å²) in [5.74, 6) is 0.887. The van der Waals surface area contributed by atoms with Gasteiger partial charge in [-0.05, 0) is 6.07 Å². The number of rotatable bonds is 7. The van der Waals surface area contributed by atoms with Crippen molar-refractivity contribution in [3.8, 4) is 11.3 Å². The number of hydrogen-bond donors (Lipinski definition) is 2. The fourth-order valence-corrected chi connectivity index (χ4v) is 2.36. The van der Waals surface area contributed by atoms with Gasteiger partial charge in [-0.2, -0.15) is 4.98 Å². The van der Waals surface area contributed by atoms with Gasteiger partial charge in [0.15, 0.2) is 0 Å². The maximum absolute atomic E-state index is 13.8. The van der Waals surface area contributed by atoms with Crippen molar-refractivity contribution in [2.45, 2.75) is 6.54 Å². The highest BCUT2D eigenvalue weighted by atomic mass is 19.1. The fraction of sp³-hybridized carbons (Fsp3) is 0.100. The molecule has 0 fully saturated rings. The van der Waals surface area contributed by atoms with E-state index in [9.17, 15) is 4.39 Å². The van der Waals surface area contributed by atoms with Crippen LogP contribution >= 0.6 is 0 Å². The van der Waals surface area contributed by atoms with E-state index < -0.39 is 0 Å². The smallest absolute Gasteiger partial charge is 0.225 e. The molecule has 126 valence electrons. The van der Waals surface area contributed by atoms with Gasteiger partial charge in [0, 0.05) is 30.3 Å². The van der Waals surface area contributed by atoms with Gasteiger partial charge >= 0.3 is 0 Å². The van der Waals surface area contributed by atoms with Crippen LogP contribution in [0.25, 0.3) is 11.3 Å². The second kappa shape index (κ2) is 8.06. The number of aromatic nitrogens is 2. The van der Waals surface area contributed by atoms with Crippen molar-refractivity contribution in [3.63, 3.8) is 0 Å².